The molecule has 26 heavy (non-hydrogen) atoms. The molecule has 1 saturated heterocycles. The molecule has 1 aromatic rings. The molecule has 0 spiro atoms. The van der Waals surface area contributed by atoms with Gasteiger partial charge in [0, 0.05) is 37.3 Å². The molecule has 2 aliphatic heterocycles. The zero-order valence-corrected chi connectivity index (χ0v) is 15.6. The maximum Gasteiger partial charge on any atom is 0.328 e. The number of nitrogens with zero attached hydrogens (tertiary/aromatic N) is 2. The van der Waals surface area contributed by atoms with E-state index in [1.54, 1.807) is 17.0 Å². The topological polar surface area (TPSA) is 80.6 Å². The van der Waals surface area contributed by atoms with Gasteiger partial charge in [-0.15, -0.1) is 0 Å². The van der Waals surface area contributed by atoms with E-state index in [-0.39, 0.29) is 29.3 Å². The Balaban J connectivity index is 1.74. The van der Waals surface area contributed by atoms with Crippen molar-refractivity contribution in [2.45, 2.75) is 45.2 Å². The van der Waals surface area contributed by atoms with Crippen molar-refractivity contribution >= 4 is 12.0 Å². The molecule has 0 aromatic carbocycles. The van der Waals surface area contributed by atoms with Crippen LogP contribution < -0.4 is 10.9 Å². The summed E-state index contributed by atoms with van der Waals surface area (Å²) in [6.45, 7) is 5.70. The number of ether oxygens (including phenoxy) is 1. The molecule has 2 bridgehead atoms. The van der Waals surface area contributed by atoms with Crippen LogP contribution in [0.5, 0.6) is 0 Å². The number of aromatic nitrogens is 1. The molecule has 2 aliphatic rings. The summed E-state index contributed by atoms with van der Waals surface area (Å²) in [5.41, 5.74) is 1.02. The summed E-state index contributed by atoms with van der Waals surface area (Å²) in [4.78, 5) is 38.7. The average Bonchev–Trinajstić information content (AvgIpc) is 2.65. The number of nitrogens with one attached hydrogen (secondary N) is 1. The third-order valence-corrected chi connectivity index (χ3v) is 5.71. The van der Waals surface area contributed by atoms with Crippen LogP contribution in [-0.4, -0.2) is 47.7 Å². The molecule has 4 atom stereocenters. The van der Waals surface area contributed by atoms with Gasteiger partial charge < -0.3 is 19.5 Å². The molecule has 0 saturated carbocycles. The van der Waals surface area contributed by atoms with Crippen molar-refractivity contribution in [2.24, 2.45) is 11.8 Å². The molecule has 1 N–H and O–H groups in total. The van der Waals surface area contributed by atoms with Crippen LogP contribution in [0.4, 0.5) is 4.79 Å². The second-order valence-electron chi connectivity index (χ2n) is 7.44. The minimum Gasteiger partial charge on any atom is -0.467 e. The van der Waals surface area contributed by atoms with Crippen molar-refractivity contribution in [1.29, 1.82) is 0 Å². The van der Waals surface area contributed by atoms with E-state index >= 15 is 0 Å². The second-order valence-corrected chi connectivity index (χ2v) is 7.44. The van der Waals surface area contributed by atoms with Crippen LogP contribution in [-0.2, 0) is 16.1 Å². The monoisotopic (exact) mass is 361 g/mol. The molecule has 2 unspecified atom stereocenters. The minimum absolute atomic E-state index is 0.00464. The molecule has 2 amide bonds. The van der Waals surface area contributed by atoms with E-state index in [0.717, 1.165) is 18.5 Å². The van der Waals surface area contributed by atoms with Crippen LogP contribution in [0.2, 0.25) is 0 Å². The third kappa shape index (κ3) is 3.48. The van der Waals surface area contributed by atoms with E-state index in [4.69, 9.17) is 4.74 Å². The second kappa shape index (κ2) is 7.51. The van der Waals surface area contributed by atoms with Crippen LogP contribution in [0.15, 0.2) is 23.0 Å². The minimum atomic E-state index is -0.644. The van der Waals surface area contributed by atoms with E-state index in [1.165, 1.54) is 7.11 Å². The molecule has 0 aliphatic carbocycles. The number of hydrogen-bond donors (Lipinski definition) is 1. The first kappa shape index (κ1) is 18.5. The molecule has 0 radical (unpaired) electrons. The van der Waals surface area contributed by atoms with Crippen LogP contribution in [0.3, 0.4) is 0 Å². The van der Waals surface area contributed by atoms with Gasteiger partial charge in [0.25, 0.3) is 5.56 Å². The predicted molar refractivity (Wildman–Crippen MR) is 96.9 cm³/mol. The summed E-state index contributed by atoms with van der Waals surface area (Å²) in [5, 5.41) is 2.86. The summed E-state index contributed by atoms with van der Waals surface area (Å²) in [7, 11) is 1.34. The fourth-order valence-electron chi connectivity index (χ4n) is 4.08. The van der Waals surface area contributed by atoms with Crippen molar-refractivity contribution in [2.75, 3.05) is 20.2 Å². The summed E-state index contributed by atoms with van der Waals surface area (Å²) >= 11 is 0. The Kier molecular flexibility index (Phi) is 5.34. The van der Waals surface area contributed by atoms with Gasteiger partial charge in [0.2, 0.25) is 0 Å². The smallest absolute Gasteiger partial charge is 0.328 e. The summed E-state index contributed by atoms with van der Waals surface area (Å²) < 4.78 is 6.69. The largest absolute Gasteiger partial charge is 0.467 e. The van der Waals surface area contributed by atoms with Gasteiger partial charge >= 0.3 is 12.0 Å². The molecule has 1 fully saturated rings. The number of methoxy groups -OCH3 is 1. The van der Waals surface area contributed by atoms with Gasteiger partial charge in [-0.25, -0.2) is 9.59 Å². The first-order valence-electron chi connectivity index (χ1n) is 9.27. The number of likely N-dealkylation sites (tertiary alicyclic amines) is 1. The van der Waals surface area contributed by atoms with Gasteiger partial charge in [0.1, 0.15) is 6.04 Å². The third-order valence-electron chi connectivity index (χ3n) is 5.71. The fourth-order valence-corrected chi connectivity index (χ4v) is 4.08. The predicted octanol–water partition coefficient (Wildman–Crippen LogP) is 1.56. The van der Waals surface area contributed by atoms with Gasteiger partial charge in [-0.3, -0.25) is 4.79 Å². The van der Waals surface area contributed by atoms with Crippen LogP contribution in [0.25, 0.3) is 0 Å². The number of carbonyl (C=O) groups excluding carboxylic acids is 2. The lowest BCUT2D eigenvalue weighted by Crippen LogP contribution is -2.55. The Morgan fingerprint density at radius 3 is 2.77 bits per heavy atom. The van der Waals surface area contributed by atoms with Crippen LogP contribution in [0.1, 0.15) is 38.3 Å². The first-order valence-corrected chi connectivity index (χ1v) is 9.27. The first-order chi connectivity index (χ1) is 12.4. The average molecular weight is 361 g/mol. The van der Waals surface area contributed by atoms with E-state index in [2.05, 4.69) is 5.32 Å². The number of pyridine rings is 1. The normalized spacial score (nSPS) is 23.6. The van der Waals surface area contributed by atoms with Crippen LogP contribution in [0, 0.1) is 11.8 Å². The Morgan fingerprint density at radius 2 is 2.08 bits per heavy atom. The van der Waals surface area contributed by atoms with Crippen molar-refractivity contribution in [3.8, 4) is 0 Å². The lowest BCUT2D eigenvalue weighted by atomic mass is 9.83. The van der Waals surface area contributed by atoms with Gasteiger partial charge in [-0.2, -0.15) is 0 Å². The lowest BCUT2D eigenvalue weighted by Gasteiger charge is -2.43. The summed E-state index contributed by atoms with van der Waals surface area (Å²) in [6.07, 6.45) is 1.75. The Morgan fingerprint density at radius 1 is 1.31 bits per heavy atom. The maximum atomic E-state index is 12.8. The number of amides is 2. The van der Waals surface area contributed by atoms with E-state index in [9.17, 15) is 14.4 Å². The zero-order valence-electron chi connectivity index (χ0n) is 15.6. The Hall–Kier alpha value is -2.31. The number of carbonyl (C=O) groups is 2. The maximum absolute atomic E-state index is 12.8. The highest BCUT2D eigenvalue weighted by Crippen LogP contribution is 2.34. The van der Waals surface area contributed by atoms with Crippen molar-refractivity contribution in [1.82, 2.24) is 14.8 Å². The highest BCUT2D eigenvalue weighted by Gasteiger charge is 2.37. The fraction of sp³-hybridized carbons (Fsp3) is 0.632. The molecular formula is C19H27N3O4. The molecule has 1 aromatic heterocycles. The molecule has 3 rings (SSSR count). The Bertz CT molecular complexity index is 745. The Labute approximate surface area is 153 Å². The van der Waals surface area contributed by atoms with Crippen molar-refractivity contribution in [3.63, 3.8) is 0 Å². The number of urea groups is 1. The lowest BCUT2D eigenvalue weighted by molar-refractivity contribution is -0.144. The number of esters is 1. The number of rotatable bonds is 4. The summed E-state index contributed by atoms with van der Waals surface area (Å²) in [5.74, 6) is -0.00797. The quantitative estimate of drug-likeness (QED) is 0.826. The number of piperidine rings is 1. The standard InChI is InChI=1S/C19H27N3O4/c1-4-12(2)17(18(24)26-3)20-19(25)21-9-13-8-14(11-21)15-6-5-7-16(23)22(15)10-13/h5-7,12-14,17H,4,8-11H2,1-3H3,(H,20,25)/t12-,13?,14?,17+/m1/s1. The van der Waals surface area contributed by atoms with E-state index in [1.807, 2.05) is 24.5 Å². The van der Waals surface area contributed by atoms with Gasteiger partial charge in [0.15, 0.2) is 0 Å². The van der Waals surface area contributed by atoms with E-state index < -0.39 is 12.0 Å². The highest BCUT2D eigenvalue weighted by molar-refractivity contribution is 5.84. The summed E-state index contributed by atoms with van der Waals surface area (Å²) in [6, 6.07) is 4.46. The van der Waals surface area contributed by atoms with Gasteiger partial charge in [0.05, 0.1) is 7.11 Å². The van der Waals surface area contributed by atoms with Crippen molar-refractivity contribution < 1.29 is 14.3 Å². The SMILES string of the molecule is CC[C@@H](C)[C@H](NC(=O)N1CC2CC(C1)c1cccc(=O)n1C2)C(=O)OC. The van der Waals surface area contributed by atoms with Crippen LogP contribution >= 0.6 is 0 Å². The number of fused-ring (bicyclic) bond motifs is 4. The highest BCUT2D eigenvalue weighted by atomic mass is 16.5. The molecule has 7 nitrogen and oxygen atoms in total. The number of hydrogen-bond acceptors (Lipinski definition) is 4. The van der Waals surface area contributed by atoms with Crippen molar-refractivity contribution in [3.05, 3.63) is 34.2 Å². The van der Waals surface area contributed by atoms with E-state index in [0.29, 0.717) is 19.6 Å². The molecular weight excluding hydrogens is 334 g/mol. The zero-order chi connectivity index (χ0) is 18.8. The van der Waals surface area contributed by atoms with Gasteiger partial charge in [-0.1, -0.05) is 26.3 Å². The molecule has 3 heterocycles. The van der Waals surface area contributed by atoms with Gasteiger partial charge in [-0.05, 0) is 24.3 Å². The molecule has 7 heteroatoms. The molecule has 142 valence electrons.